The van der Waals surface area contributed by atoms with E-state index in [0.29, 0.717) is 11.7 Å². The average molecular weight is 236 g/mol. The Morgan fingerprint density at radius 3 is 2.65 bits per heavy atom. The van der Waals surface area contributed by atoms with Gasteiger partial charge in [0.1, 0.15) is 0 Å². The molecule has 0 saturated heterocycles. The predicted molar refractivity (Wildman–Crippen MR) is 67.3 cm³/mol. The number of rotatable bonds is 7. The summed E-state index contributed by atoms with van der Waals surface area (Å²) in [7, 11) is 1.61. The van der Waals surface area contributed by atoms with Gasteiger partial charge < -0.3 is 10.1 Å². The zero-order valence-electron chi connectivity index (χ0n) is 10.5. The van der Waals surface area contributed by atoms with E-state index in [0.717, 1.165) is 25.7 Å². The summed E-state index contributed by atoms with van der Waals surface area (Å²) in [6.07, 6.45) is 6.06. The molecule has 1 aromatic rings. The Kier molecular flexibility index (Phi) is 4.14. The maximum atomic E-state index is 5.01. The Morgan fingerprint density at radius 2 is 2.12 bits per heavy atom. The van der Waals surface area contributed by atoms with Crippen LogP contribution in [0.15, 0.2) is 12.4 Å². The van der Waals surface area contributed by atoms with Crippen LogP contribution in [0.5, 0.6) is 5.75 Å². The van der Waals surface area contributed by atoms with Crippen molar-refractivity contribution in [2.45, 2.75) is 25.8 Å². The topological polar surface area (TPSA) is 50.3 Å². The fourth-order valence-electron chi connectivity index (χ4n) is 1.86. The molecule has 0 amide bonds. The van der Waals surface area contributed by atoms with Crippen LogP contribution < -0.4 is 10.1 Å². The van der Waals surface area contributed by atoms with Gasteiger partial charge in [0, 0.05) is 19.1 Å². The van der Waals surface area contributed by atoms with Crippen molar-refractivity contribution in [1.82, 2.24) is 14.9 Å². The van der Waals surface area contributed by atoms with E-state index in [1.807, 2.05) is 0 Å². The molecule has 1 fully saturated rings. The van der Waals surface area contributed by atoms with Gasteiger partial charge in [-0.2, -0.15) is 0 Å². The highest BCUT2D eigenvalue weighted by Crippen LogP contribution is 2.25. The Labute approximate surface area is 102 Å². The quantitative estimate of drug-likeness (QED) is 0.775. The minimum Gasteiger partial charge on any atom is -0.494 e. The van der Waals surface area contributed by atoms with Gasteiger partial charge in [-0.1, -0.05) is 6.92 Å². The number of methoxy groups -OCH3 is 1. The van der Waals surface area contributed by atoms with Gasteiger partial charge in [0.2, 0.25) is 5.95 Å². The Hall–Kier alpha value is -1.36. The number of hydrogen-bond donors (Lipinski definition) is 1. The molecule has 2 rings (SSSR count). The predicted octanol–water partition coefficient (Wildman–Crippen LogP) is 1.38. The highest BCUT2D eigenvalue weighted by molar-refractivity contribution is 5.26. The second-order valence-corrected chi connectivity index (χ2v) is 4.23. The van der Waals surface area contributed by atoms with Gasteiger partial charge in [0.15, 0.2) is 5.75 Å². The van der Waals surface area contributed by atoms with Gasteiger partial charge in [-0.05, 0) is 19.4 Å². The molecular formula is C12H20N4O. The van der Waals surface area contributed by atoms with Crippen molar-refractivity contribution in [2.75, 3.05) is 32.1 Å². The lowest BCUT2D eigenvalue weighted by Gasteiger charge is -2.19. The van der Waals surface area contributed by atoms with E-state index in [1.54, 1.807) is 19.5 Å². The summed E-state index contributed by atoms with van der Waals surface area (Å²) in [6, 6.07) is 0.818. The van der Waals surface area contributed by atoms with Crippen LogP contribution >= 0.6 is 0 Å². The van der Waals surface area contributed by atoms with Crippen molar-refractivity contribution in [3.63, 3.8) is 0 Å². The first kappa shape index (κ1) is 12.1. The first-order valence-corrected chi connectivity index (χ1v) is 6.17. The molecule has 0 atom stereocenters. The Morgan fingerprint density at radius 1 is 1.41 bits per heavy atom. The second-order valence-electron chi connectivity index (χ2n) is 4.23. The molecule has 0 bridgehead atoms. The molecule has 1 saturated carbocycles. The maximum absolute atomic E-state index is 5.01. The molecule has 1 N–H and O–H groups in total. The van der Waals surface area contributed by atoms with Gasteiger partial charge in [0.05, 0.1) is 19.5 Å². The molecule has 0 aliphatic heterocycles. The lowest BCUT2D eigenvalue weighted by atomic mass is 10.4. The van der Waals surface area contributed by atoms with Crippen LogP contribution in [-0.2, 0) is 0 Å². The Bertz CT molecular complexity index is 337. The molecular weight excluding hydrogens is 216 g/mol. The molecule has 17 heavy (non-hydrogen) atoms. The minimum atomic E-state index is 0.664. The van der Waals surface area contributed by atoms with Crippen molar-refractivity contribution in [3.05, 3.63) is 12.4 Å². The highest BCUT2D eigenvalue weighted by atomic mass is 16.5. The third kappa shape index (κ3) is 3.56. The standard InChI is InChI=1S/C12H20N4O/c1-3-16(10-4-5-10)7-6-13-12-14-8-11(17-2)9-15-12/h8-10H,3-7H2,1-2H3,(H,13,14,15). The number of aromatic nitrogens is 2. The maximum Gasteiger partial charge on any atom is 0.222 e. The van der Waals surface area contributed by atoms with Gasteiger partial charge in [-0.3, -0.25) is 4.90 Å². The molecule has 0 aromatic carbocycles. The largest absolute Gasteiger partial charge is 0.494 e. The van der Waals surface area contributed by atoms with Crippen LogP contribution in [0.2, 0.25) is 0 Å². The van der Waals surface area contributed by atoms with E-state index in [4.69, 9.17) is 4.74 Å². The van der Waals surface area contributed by atoms with E-state index in [1.165, 1.54) is 12.8 Å². The van der Waals surface area contributed by atoms with Crippen LogP contribution in [0, 0.1) is 0 Å². The molecule has 0 spiro atoms. The van der Waals surface area contributed by atoms with Crippen molar-refractivity contribution in [1.29, 1.82) is 0 Å². The SMILES string of the molecule is CCN(CCNc1ncc(OC)cn1)C1CC1. The van der Waals surface area contributed by atoms with Crippen LogP contribution in [0.3, 0.4) is 0 Å². The smallest absolute Gasteiger partial charge is 0.222 e. The highest BCUT2D eigenvalue weighted by Gasteiger charge is 2.27. The molecule has 5 nitrogen and oxygen atoms in total. The summed E-state index contributed by atoms with van der Waals surface area (Å²) in [6.45, 7) is 5.27. The number of hydrogen-bond acceptors (Lipinski definition) is 5. The summed E-state index contributed by atoms with van der Waals surface area (Å²) in [5.74, 6) is 1.35. The van der Waals surface area contributed by atoms with E-state index >= 15 is 0 Å². The van der Waals surface area contributed by atoms with Gasteiger partial charge >= 0.3 is 0 Å². The Balaban J connectivity index is 1.73. The van der Waals surface area contributed by atoms with E-state index in [9.17, 15) is 0 Å². The third-order valence-corrected chi connectivity index (χ3v) is 3.02. The summed E-state index contributed by atoms with van der Waals surface area (Å²) in [5, 5.41) is 3.22. The number of nitrogens with one attached hydrogen (secondary N) is 1. The molecule has 94 valence electrons. The molecule has 5 heteroatoms. The van der Waals surface area contributed by atoms with Crippen molar-refractivity contribution in [2.24, 2.45) is 0 Å². The van der Waals surface area contributed by atoms with E-state index < -0.39 is 0 Å². The summed E-state index contributed by atoms with van der Waals surface area (Å²) >= 11 is 0. The van der Waals surface area contributed by atoms with E-state index in [-0.39, 0.29) is 0 Å². The molecule has 1 aliphatic carbocycles. The molecule has 1 heterocycles. The van der Waals surface area contributed by atoms with Crippen molar-refractivity contribution < 1.29 is 4.74 Å². The van der Waals surface area contributed by atoms with Gasteiger partial charge in [-0.25, -0.2) is 9.97 Å². The summed E-state index contributed by atoms with van der Waals surface area (Å²) < 4.78 is 5.01. The molecule has 1 aromatic heterocycles. The zero-order chi connectivity index (χ0) is 12.1. The van der Waals surface area contributed by atoms with Crippen molar-refractivity contribution >= 4 is 5.95 Å². The number of nitrogens with zero attached hydrogens (tertiary/aromatic N) is 3. The van der Waals surface area contributed by atoms with Crippen molar-refractivity contribution in [3.8, 4) is 5.75 Å². The van der Waals surface area contributed by atoms with Crippen LogP contribution in [-0.4, -0.2) is 47.7 Å². The molecule has 0 radical (unpaired) electrons. The molecule has 0 unspecified atom stereocenters. The second kappa shape index (κ2) is 5.82. The summed E-state index contributed by atoms with van der Waals surface area (Å²) in [5.41, 5.74) is 0. The van der Waals surface area contributed by atoms with Crippen LogP contribution in [0.1, 0.15) is 19.8 Å². The fourth-order valence-corrected chi connectivity index (χ4v) is 1.86. The first-order chi connectivity index (χ1) is 8.33. The minimum absolute atomic E-state index is 0.664. The van der Waals surface area contributed by atoms with E-state index in [2.05, 4.69) is 27.1 Å². The third-order valence-electron chi connectivity index (χ3n) is 3.02. The lowest BCUT2D eigenvalue weighted by Crippen LogP contribution is -2.31. The van der Waals surface area contributed by atoms with Gasteiger partial charge in [0.25, 0.3) is 0 Å². The average Bonchev–Trinajstić information content (AvgIpc) is 3.20. The number of ether oxygens (including phenoxy) is 1. The number of likely N-dealkylation sites (N-methyl/N-ethyl adjacent to an activating group) is 1. The normalized spacial score (nSPS) is 15.0. The summed E-state index contributed by atoms with van der Waals surface area (Å²) in [4.78, 5) is 10.8. The first-order valence-electron chi connectivity index (χ1n) is 6.17. The number of anilines is 1. The lowest BCUT2D eigenvalue weighted by molar-refractivity contribution is 0.289. The van der Waals surface area contributed by atoms with Crippen LogP contribution in [0.4, 0.5) is 5.95 Å². The van der Waals surface area contributed by atoms with Crippen LogP contribution in [0.25, 0.3) is 0 Å². The monoisotopic (exact) mass is 236 g/mol. The fraction of sp³-hybridized carbons (Fsp3) is 0.667. The zero-order valence-corrected chi connectivity index (χ0v) is 10.5. The van der Waals surface area contributed by atoms with Gasteiger partial charge in [-0.15, -0.1) is 0 Å². The molecule has 1 aliphatic rings.